The molecule has 2 amide bonds. The summed E-state index contributed by atoms with van der Waals surface area (Å²) < 4.78 is 1.97. The van der Waals surface area contributed by atoms with E-state index in [0.717, 1.165) is 48.0 Å². The van der Waals surface area contributed by atoms with Crippen LogP contribution >= 0.6 is 0 Å². The maximum Gasteiger partial charge on any atom is 0.251 e. The Hall–Kier alpha value is -3.15. The van der Waals surface area contributed by atoms with E-state index in [9.17, 15) is 9.59 Å². The minimum absolute atomic E-state index is 0.0183. The summed E-state index contributed by atoms with van der Waals surface area (Å²) in [5.74, 6) is 2.95. The zero-order chi connectivity index (χ0) is 23.3. The maximum atomic E-state index is 13.4. The van der Waals surface area contributed by atoms with Crippen LogP contribution in [0.3, 0.4) is 0 Å². The number of rotatable bonds is 6. The molecule has 2 aromatic carbocycles. The molecule has 7 rings (SSSR count). The number of hydrogen-bond acceptors (Lipinski definition) is 3. The van der Waals surface area contributed by atoms with Crippen LogP contribution < -0.4 is 10.6 Å². The van der Waals surface area contributed by atoms with Crippen LogP contribution in [0.5, 0.6) is 0 Å². The number of amides is 2. The van der Waals surface area contributed by atoms with E-state index in [1.165, 1.54) is 19.3 Å². The summed E-state index contributed by atoms with van der Waals surface area (Å²) in [7, 11) is 0. The van der Waals surface area contributed by atoms with Crippen molar-refractivity contribution in [2.24, 2.45) is 17.8 Å². The number of imidazole rings is 1. The van der Waals surface area contributed by atoms with Crippen LogP contribution in [0, 0.1) is 17.8 Å². The molecule has 6 heteroatoms. The zero-order valence-corrected chi connectivity index (χ0v) is 19.7. The molecule has 6 nitrogen and oxygen atoms in total. The number of aromatic nitrogens is 2. The van der Waals surface area contributed by atoms with Crippen molar-refractivity contribution >= 4 is 22.8 Å². The highest BCUT2D eigenvalue weighted by Crippen LogP contribution is 2.55. The van der Waals surface area contributed by atoms with Gasteiger partial charge in [-0.25, -0.2) is 4.98 Å². The summed E-state index contributed by atoms with van der Waals surface area (Å²) in [6.45, 7) is 2.14. The van der Waals surface area contributed by atoms with Crippen LogP contribution in [0.1, 0.15) is 67.7 Å². The smallest absolute Gasteiger partial charge is 0.251 e. The summed E-state index contributed by atoms with van der Waals surface area (Å²) in [6.07, 6.45) is 7.45. The van der Waals surface area contributed by atoms with E-state index in [2.05, 4.69) is 10.6 Å². The molecular formula is C28H32N4O2. The van der Waals surface area contributed by atoms with Gasteiger partial charge in [-0.05, 0) is 87.5 Å². The van der Waals surface area contributed by atoms with E-state index < -0.39 is 0 Å². The first-order valence-corrected chi connectivity index (χ1v) is 12.6. The van der Waals surface area contributed by atoms with E-state index in [1.54, 1.807) is 12.1 Å². The van der Waals surface area contributed by atoms with Gasteiger partial charge in [0, 0.05) is 11.1 Å². The Labute approximate surface area is 200 Å². The van der Waals surface area contributed by atoms with Crippen molar-refractivity contribution in [2.75, 3.05) is 0 Å². The van der Waals surface area contributed by atoms with E-state index in [-0.39, 0.29) is 29.9 Å². The number of para-hydroxylation sites is 2. The molecule has 0 saturated heterocycles. The molecule has 4 fully saturated rings. The van der Waals surface area contributed by atoms with Gasteiger partial charge >= 0.3 is 0 Å². The molecule has 4 saturated carbocycles. The molecule has 3 aromatic rings. The highest BCUT2D eigenvalue weighted by Gasteiger charge is 2.51. The number of carbonyl (C=O) groups excluding carboxylic acids is 2. The van der Waals surface area contributed by atoms with Crippen LogP contribution in [0.25, 0.3) is 11.0 Å². The molecule has 4 aliphatic rings. The fourth-order valence-corrected chi connectivity index (χ4v) is 7.27. The number of benzene rings is 2. The summed E-state index contributed by atoms with van der Waals surface area (Å²) in [5.41, 5.74) is 2.34. The van der Waals surface area contributed by atoms with Gasteiger partial charge in [0.25, 0.3) is 5.91 Å². The number of hydrogen-bond donors (Lipinski definition) is 2. The number of nitrogens with zero attached hydrogens (tertiary/aromatic N) is 2. The molecular weight excluding hydrogens is 424 g/mol. The highest BCUT2D eigenvalue weighted by atomic mass is 16.2. The van der Waals surface area contributed by atoms with E-state index in [0.29, 0.717) is 11.4 Å². The van der Waals surface area contributed by atoms with Gasteiger partial charge in [0.2, 0.25) is 5.91 Å². The van der Waals surface area contributed by atoms with Crippen molar-refractivity contribution in [1.82, 2.24) is 20.2 Å². The SMILES string of the molecule is C[C@@H](NC(=O)c1ccccc1)c1nc2ccccc2n1CC(=O)NC12CC3CC(CC(C3)C1)C2. The Kier molecular flexibility index (Phi) is 5.19. The van der Waals surface area contributed by atoms with Crippen molar-refractivity contribution in [2.45, 2.75) is 63.6 Å². The average molecular weight is 457 g/mol. The van der Waals surface area contributed by atoms with Gasteiger partial charge in [-0.1, -0.05) is 30.3 Å². The fraction of sp³-hybridized carbons (Fsp3) is 0.464. The Balaban J connectivity index is 1.24. The van der Waals surface area contributed by atoms with Crippen molar-refractivity contribution in [1.29, 1.82) is 0 Å². The molecule has 4 bridgehead atoms. The van der Waals surface area contributed by atoms with E-state index in [1.807, 2.05) is 54.0 Å². The number of carbonyl (C=O) groups is 2. The van der Waals surface area contributed by atoms with Gasteiger partial charge in [0.15, 0.2) is 0 Å². The summed E-state index contributed by atoms with van der Waals surface area (Å²) in [4.78, 5) is 31.0. The predicted octanol–water partition coefficient (Wildman–Crippen LogP) is 4.61. The first kappa shape index (κ1) is 21.4. The monoisotopic (exact) mass is 456 g/mol. The minimum Gasteiger partial charge on any atom is -0.349 e. The molecule has 1 atom stereocenters. The fourth-order valence-electron chi connectivity index (χ4n) is 7.27. The largest absolute Gasteiger partial charge is 0.349 e. The molecule has 0 radical (unpaired) electrons. The lowest BCUT2D eigenvalue weighted by molar-refractivity contribution is -0.127. The highest BCUT2D eigenvalue weighted by molar-refractivity contribution is 5.94. The van der Waals surface area contributed by atoms with Crippen LogP contribution in [0.2, 0.25) is 0 Å². The van der Waals surface area contributed by atoms with Crippen LogP contribution in [-0.2, 0) is 11.3 Å². The molecule has 0 unspecified atom stereocenters. The second-order valence-electron chi connectivity index (χ2n) is 10.9. The quantitative estimate of drug-likeness (QED) is 0.569. The summed E-state index contributed by atoms with van der Waals surface area (Å²) in [6, 6.07) is 16.7. The number of fused-ring (bicyclic) bond motifs is 1. The van der Waals surface area contributed by atoms with Gasteiger partial charge in [-0.2, -0.15) is 0 Å². The maximum absolute atomic E-state index is 13.4. The molecule has 0 aliphatic heterocycles. The van der Waals surface area contributed by atoms with Gasteiger partial charge in [0.05, 0.1) is 17.1 Å². The second kappa shape index (κ2) is 8.26. The molecule has 2 N–H and O–H groups in total. The second-order valence-corrected chi connectivity index (χ2v) is 10.9. The topological polar surface area (TPSA) is 76.0 Å². The van der Waals surface area contributed by atoms with Crippen molar-refractivity contribution in [3.63, 3.8) is 0 Å². The van der Waals surface area contributed by atoms with Gasteiger partial charge < -0.3 is 15.2 Å². The van der Waals surface area contributed by atoms with Crippen molar-refractivity contribution in [3.05, 3.63) is 66.0 Å². The minimum atomic E-state index is -0.340. The third-order valence-corrected chi connectivity index (χ3v) is 8.20. The number of nitrogens with one attached hydrogen (secondary N) is 2. The molecule has 0 spiro atoms. The van der Waals surface area contributed by atoms with Crippen LogP contribution in [0.15, 0.2) is 54.6 Å². The van der Waals surface area contributed by atoms with Gasteiger partial charge in [-0.3, -0.25) is 9.59 Å². The van der Waals surface area contributed by atoms with E-state index in [4.69, 9.17) is 4.98 Å². The average Bonchev–Trinajstić information content (AvgIpc) is 3.17. The van der Waals surface area contributed by atoms with Crippen molar-refractivity contribution in [3.8, 4) is 0 Å². The van der Waals surface area contributed by atoms with Gasteiger partial charge in [0.1, 0.15) is 12.4 Å². The molecule has 34 heavy (non-hydrogen) atoms. The Bertz CT molecular complexity index is 1200. The van der Waals surface area contributed by atoms with Crippen LogP contribution in [-0.4, -0.2) is 26.9 Å². The molecule has 4 aliphatic carbocycles. The Morgan fingerprint density at radius 2 is 1.59 bits per heavy atom. The first-order chi connectivity index (χ1) is 16.5. The van der Waals surface area contributed by atoms with Gasteiger partial charge in [-0.15, -0.1) is 0 Å². The molecule has 1 aromatic heterocycles. The van der Waals surface area contributed by atoms with Crippen LogP contribution in [0.4, 0.5) is 0 Å². The lowest BCUT2D eigenvalue weighted by Crippen LogP contribution is -2.60. The lowest BCUT2D eigenvalue weighted by atomic mass is 9.53. The first-order valence-electron chi connectivity index (χ1n) is 12.6. The molecule has 176 valence electrons. The summed E-state index contributed by atoms with van der Waals surface area (Å²) >= 11 is 0. The normalized spacial score (nSPS) is 28.1. The Morgan fingerprint density at radius 1 is 0.971 bits per heavy atom. The van der Waals surface area contributed by atoms with Crippen molar-refractivity contribution < 1.29 is 9.59 Å². The third kappa shape index (κ3) is 3.89. The lowest BCUT2D eigenvalue weighted by Gasteiger charge is -2.56. The summed E-state index contributed by atoms with van der Waals surface area (Å²) in [5, 5.41) is 6.55. The standard InChI is InChI=1S/C28H32N4O2/c1-18(29-27(34)22-7-3-2-4-8-22)26-30-23-9-5-6-10-24(23)32(26)17-25(33)31-28-14-19-11-20(15-28)13-21(12-19)16-28/h2-10,18-21H,11-17H2,1H3,(H,29,34)(H,31,33)/t18-,19?,20?,21?,28?/m1/s1. The van der Waals surface area contributed by atoms with E-state index >= 15 is 0 Å². The predicted molar refractivity (Wildman–Crippen MR) is 131 cm³/mol. The third-order valence-electron chi connectivity index (χ3n) is 8.20. The zero-order valence-electron chi connectivity index (χ0n) is 19.7. The molecule has 1 heterocycles. The Morgan fingerprint density at radius 3 is 2.26 bits per heavy atom.